The van der Waals surface area contributed by atoms with Gasteiger partial charge in [0, 0.05) is 10.7 Å². The molecule has 3 heterocycles. The molecule has 0 aliphatic carbocycles. The summed E-state index contributed by atoms with van der Waals surface area (Å²) in [5.41, 5.74) is 0.788. The van der Waals surface area contributed by atoms with Crippen LogP contribution in [0.2, 0.25) is 0 Å². The molecule has 8 nitrogen and oxygen atoms in total. The van der Waals surface area contributed by atoms with Gasteiger partial charge in [0.05, 0.1) is 23.2 Å². The molecule has 1 amide bonds. The Balaban J connectivity index is 1.82. The van der Waals surface area contributed by atoms with Gasteiger partial charge in [0.25, 0.3) is 11.5 Å². The van der Waals surface area contributed by atoms with E-state index in [1.807, 2.05) is 26.0 Å². The van der Waals surface area contributed by atoms with Crippen molar-refractivity contribution < 1.29 is 9.53 Å². The Bertz CT molecular complexity index is 1200. The third kappa shape index (κ3) is 3.03. The topological polar surface area (TPSA) is 108 Å². The van der Waals surface area contributed by atoms with Gasteiger partial charge < -0.3 is 9.64 Å². The van der Waals surface area contributed by atoms with E-state index in [1.54, 1.807) is 4.90 Å². The highest BCUT2D eigenvalue weighted by Crippen LogP contribution is 2.38. The van der Waals surface area contributed by atoms with Crippen LogP contribution in [0.4, 0.5) is 5.69 Å². The number of aryl methyl sites for hydroxylation is 1. The number of carbonyl (C=O) groups is 1. The van der Waals surface area contributed by atoms with Crippen LogP contribution in [0.15, 0.2) is 38.5 Å². The van der Waals surface area contributed by atoms with Gasteiger partial charge in [0.2, 0.25) is 0 Å². The number of aromatic nitrogens is 3. The quantitative estimate of drug-likeness (QED) is 0.614. The first-order chi connectivity index (χ1) is 12.8. The molecule has 1 unspecified atom stereocenters. The van der Waals surface area contributed by atoms with Gasteiger partial charge in [0.15, 0.2) is 0 Å². The number of hydrogen-bond donors (Lipinski definition) is 2. The van der Waals surface area contributed by atoms with Crippen LogP contribution >= 0.6 is 15.9 Å². The molecule has 138 valence electrons. The molecule has 2 N–H and O–H groups in total. The summed E-state index contributed by atoms with van der Waals surface area (Å²) in [6, 6.07) is 5.15. The standard InChI is InChI=1S/C18H15BrN4O4/c1-8-3-14-13(5-12(8)19)23(7-9(2)27-14)17(25)10-4-11-15(20-6-10)21-18(26)22-16(11)24/h3-6,9H,7H2,1-2H3,(H2,20,21,22,24,26). The van der Waals surface area contributed by atoms with E-state index in [1.165, 1.54) is 12.3 Å². The lowest BCUT2D eigenvalue weighted by atomic mass is 10.1. The van der Waals surface area contributed by atoms with Crippen LogP contribution in [0.5, 0.6) is 5.75 Å². The van der Waals surface area contributed by atoms with Gasteiger partial charge in [-0.2, -0.15) is 0 Å². The van der Waals surface area contributed by atoms with Gasteiger partial charge >= 0.3 is 5.69 Å². The molecule has 1 aliphatic rings. The average molecular weight is 431 g/mol. The van der Waals surface area contributed by atoms with Gasteiger partial charge in [-0.05, 0) is 37.6 Å². The molecule has 0 saturated carbocycles. The van der Waals surface area contributed by atoms with Crippen LogP contribution in [-0.2, 0) is 0 Å². The highest BCUT2D eigenvalue weighted by Gasteiger charge is 2.29. The zero-order chi connectivity index (χ0) is 19.3. The molecule has 27 heavy (non-hydrogen) atoms. The predicted octanol–water partition coefficient (Wildman–Crippen LogP) is 2.11. The Kier molecular flexibility index (Phi) is 4.11. The highest BCUT2D eigenvalue weighted by molar-refractivity contribution is 9.10. The zero-order valence-electron chi connectivity index (χ0n) is 14.5. The molecule has 1 aromatic carbocycles. The molecular weight excluding hydrogens is 416 g/mol. The van der Waals surface area contributed by atoms with Crippen LogP contribution in [-0.4, -0.2) is 33.5 Å². The van der Waals surface area contributed by atoms with E-state index < -0.39 is 11.2 Å². The van der Waals surface area contributed by atoms with E-state index in [0.717, 1.165) is 10.0 Å². The monoisotopic (exact) mass is 430 g/mol. The number of H-pyrrole nitrogens is 2. The Morgan fingerprint density at radius 1 is 1.30 bits per heavy atom. The number of aromatic amines is 2. The van der Waals surface area contributed by atoms with Crippen molar-refractivity contribution in [2.24, 2.45) is 0 Å². The second-order valence-electron chi connectivity index (χ2n) is 6.44. The molecule has 9 heteroatoms. The summed E-state index contributed by atoms with van der Waals surface area (Å²) in [6.45, 7) is 4.19. The molecule has 0 saturated heterocycles. The minimum Gasteiger partial charge on any atom is -0.487 e. The Morgan fingerprint density at radius 3 is 2.85 bits per heavy atom. The van der Waals surface area contributed by atoms with E-state index in [9.17, 15) is 14.4 Å². The number of hydrogen-bond acceptors (Lipinski definition) is 5. The lowest BCUT2D eigenvalue weighted by Crippen LogP contribution is -2.42. The molecule has 3 aromatic rings. The van der Waals surface area contributed by atoms with Gasteiger partial charge in [-0.3, -0.25) is 19.6 Å². The van der Waals surface area contributed by atoms with Gasteiger partial charge in [0.1, 0.15) is 17.5 Å². The molecule has 2 aromatic heterocycles. The molecule has 1 aliphatic heterocycles. The maximum atomic E-state index is 13.2. The summed E-state index contributed by atoms with van der Waals surface area (Å²) >= 11 is 3.49. The number of nitrogens with one attached hydrogen (secondary N) is 2. The second-order valence-corrected chi connectivity index (χ2v) is 7.30. The fourth-order valence-electron chi connectivity index (χ4n) is 3.07. The lowest BCUT2D eigenvalue weighted by molar-refractivity contribution is 0.0961. The van der Waals surface area contributed by atoms with E-state index in [2.05, 4.69) is 30.9 Å². The maximum Gasteiger partial charge on any atom is 0.327 e. The minimum absolute atomic E-state index is 0.134. The molecular formula is C18H15BrN4O4. The van der Waals surface area contributed by atoms with E-state index in [4.69, 9.17) is 4.74 Å². The first-order valence-electron chi connectivity index (χ1n) is 8.24. The average Bonchev–Trinajstić information content (AvgIpc) is 2.61. The fraction of sp³-hybridized carbons (Fsp3) is 0.222. The zero-order valence-corrected chi connectivity index (χ0v) is 16.1. The Hall–Kier alpha value is -2.94. The summed E-state index contributed by atoms with van der Waals surface area (Å²) in [5.74, 6) is 0.320. The van der Waals surface area contributed by atoms with E-state index >= 15 is 0 Å². The van der Waals surface area contributed by atoms with Crippen molar-refractivity contribution in [3.8, 4) is 5.75 Å². The summed E-state index contributed by atoms with van der Waals surface area (Å²) in [7, 11) is 0. The molecule has 0 radical (unpaired) electrons. The summed E-state index contributed by atoms with van der Waals surface area (Å²) in [4.78, 5) is 46.8. The number of anilines is 1. The molecule has 1 atom stereocenters. The van der Waals surface area contributed by atoms with Crippen molar-refractivity contribution in [3.05, 3.63) is 60.8 Å². The number of fused-ring (bicyclic) bond motifs is 2. The number of ether oxygens (including phenoxy) is 1. The third-order valence-corrected chi connectivity index (χ3v) is 5.24. The van der Waals surface area contributed by atoms with E-state index in [-0.39, 0.29) is 28.6 Å². The number of nitrogens with zero attached hydrogens (tertiary/aromatic N) is 2. The third-order valence-electron chi connectivity index (χ3n) is 4.38. The van der Waals surface area contributed by atoms with Crippen LogP contribution in [0, 0.1) is 6.92 Å². The lowest BCUT2D eigenvalue weighted by Gasteiger charge is -2.34. The van der Waals surface area contributed by atoms with Gasteiger partial charge in [-0.25, -0.2) is 9.78 Å². The number of halogens is 1. The second kappa shape index (κ2) is 6.34. The van der Waals surface area contributed by atoms with Crippen LogP contribution in [0.25, 0.3) is 11.0 Å². The number of carbonyl (C=O) groups excluding carboxylic acids is 1. The van der Waals surface area contributed by atoms with Crippen molar-refractivity contribution in [1.82, 2.24) is 15.0 Å². The van der Waals surface area contributed by atoms with Crippen LogP contribution in [0.1, 0.15) is 22.8 Å². The Morgan fingerprint density at radius 2 is 2.07 bits per heavy atom. The van der Waals surface area contributed by atoms with Crippen LogP contribution < -0.4 is 20.9 Å². The van der Waals surface area contributed by atoms with Gasteiger partial charge in [-0.15, -0.1) is 0 Å². The number of rotatable bonds is 1. The molecule has 0 spiro atoms. The predicted molar refractivity (Wildman–Crippen MR) is 104 cm³/mol. The fourth-order valence-corrected chi connectivity index (χ4v) is 3.40. The largest absolute Gasteiger partial charge is 0.487 e. The molecule has 0 fully saturated rings. The van der Waals surface area contributed by atoms with Gasteiger partial charge in [-0.1, -0.05) is 15.9 Å². The maximum absolute atomic E-state index is 13.2. The first kappa shape index (κ1) is 17.5. The Labute approximate surface area is 161 Å². The van der Waals surface area contributed by atoms with Crippen molar-refractivity contribution in [2.45, 2.75) is 20.0 Å². The number of amides is 1. The summed E-state index contributed by atoms with van der Waals surface area (Å²) in [5, 5.41) is 0.145. The number of pyridine rings is 1. The van der Waals surface area contributed by atoms with Crippen molar-refractivity contribution >= 4 is 38.6 Å². The van der Waals surface area contributed by atoms with E-state index in [0.29, 0.717) is 18.0 Å². The normalized spacial score (nSPS) is 16.1. The van der Waals surface area contributed by atoms with Crippen molar-refractivity contribution in [2.75, 3.05) is 11.4 Å². The minimum atomic E-state index is -0.643. The van der Waals surface area contributed by atoms with Crippen molar-refractivity contribution in [1.29, 1.82) is 0 Å². The summed E-state index contributed by atoms with van der Waals surface area (Å²) in [6.07, 6.45) is 1.17. The molecule has 0 bridgehead atoms. The highest BCUT2D eigenvalue weighted by atomic mass is 79.9. The van der Waals surface area contributed by atoms with Crippen molar-refractivity contribution in [3.63, 3.8) is 0 Å². The number of benzene rings is 1. The molecule has 4 rings (SSSR count). The SMILES string of the molecule is Cc1cc2c(cc1Br)N(C(=O)c1cnc3[nH]c(=O)[nH]c(=O)c3c1)CC(C)O2. The first-order valence-corrected chi connectivity index (χ1v) is 9.04. The van der Waals surface area contributed by atoms with Crippen LogP contribution in [0.3, 0.4) is 0 Å². The summed E-state index contributed by atoms with van der Waals surface area (Å²) < 4.78 is 6.73. The smallest absolute Gasteiger partial charge is 0.327 e.